The molecule has 5 nitrogen and oxygen atoms in total. The Labute approximate surface area is 153 Å². The summed E-state index contributed by atoms with van der Waals surface area (Å²) in [5, 5.41) is 0.261. The summed E-state index contributed by atoms with van der Waals surface area (Å²) in [6.07, 6.45) is 1.49. The third-order valence-corrected chi connectivity index (χ3v) is 5.97. The SMILES string of the molecule is COc1ccc(S(=O)(=O)NC(C)Cc2ccc3c(c2)CCO3)cc1Cl. The van der Waals surface area contributed by atoms with Gasteiger partial charge >= 0.3 is 0 Å². The van der Waals surface area contributed by atoms with E-state index >= 15 is 0 Å². The Balaban J connectivity index is 1.71. The highest BCUT2D eigenvalue weighted by molar-refractivity contribution is 7.89. The number of benzene rings is 2. The molecule has 2 aromatic rings. The Hall–Kier alpha value is -1.76. The number of nitrogens with one attached hydrogen (secondary N) is 1. The lowest BCUT2D eigenvalue weighted by molar-refractivity contribution is 0.357. The van der Waals surface area contributed by atoms with E-state index in [9.17, 15) is 8.42 Å². The minimum atomic E-state index is -3.65. The molecule has 0 amide bonds. The number of halogens is 1. The lowest BCUT2D eigenvalue weighted by Gasteiger charge is -2.15. The van der Waals surface area contributed by atoms with Crippen LogP contribution in [0.1, 0.15) is 18.1 Å². The number of ether oxygens (including phenoxy) is 2. The molecule has 0 radical (unpaired) electrons. The largest absolute Gasteiger partial charge is 0.495 e. The molecule has 0 aliphatic carbocycles. The van der Waals surface area contributed by atoms with E-state index in [-0.39, 0.29) is 16.0 Å². The predicted octanol–water partition coefficient (Wildman–Crippen LogP) is 3.19. The molecule has 1 unspecified atom stereocenters. The molecule has 0 spiro atoms. The number of methoxy groups -OCH3 is 1. The maximum absolute atomic E-state index is 12.5. The highest BCUT2D eigenvalue weighted by Gasteiger charge is 2.20. The van der Waals surface area contributed by atoms with Crippen LogP contribution in [0.25, 0.3) is 0 Å². The molecule has 0 fully saturated rings. The number of hydrogen-bond acceptors (Lipinski definition) is 4. The van der Waals surface area contributed by atoms with Crippen LogP contribution in [0.5, 0.6) is 11.5 Å². The molecule has 1 N–H and O–H groups in total. The molecule has 7 heteroatoms. The number of hydrogen-bond donors (Lipinski definition) is 1. The van der Waals surface area contributed by atoms with Gasteiger partial charge in [-0.15, -0.1) is 0 Å². The summed E-state index contributed by atoms with van der Waals surface area (Å²) in [6.45, 7) is 2.55. The van der Waals surface area contributed by atoms with Gasteiger partial charge in [-0.2, -0.15) is 0 Å². The first-order valence-corrected chi connectivity index (χ1v) is 9.85. The van der Waals surface area contributed by atoms with Gasteiger partial charge in [0, 0.05) is 12.5 Å². The van der Waals surface area contributed by atoms with Crippen LogP contribution in [0.2, 0.25) is 5.02 Å². The summed E-state index contributed by atoms with van der Waals surface area (Å²) in [7, 11) is -2.17. The Morgan fingerprint density at radius 3 is 2.80 bits per heavy atom. The predicted molar refractivity (Wildman–Crippen MR) is 97.1 cm³/mol. The quantitative estimate of drug-likeness (QED) is 0.834. The summed E-state index contributed by atoms with van der Waals surface area (Å²) >= 11 is 6.03. The van der Waals surface area contributed by atoms with Crippen molar-refractivity contribution in [2.45, 2.75) is 30.7 Å². The second-order valence-corrected chi connectivity index (χ2v) is 8.18. The highest BCUT2D eigenvalue weighted by Crippen LogP contribution is 2.28. The van der Waals surface area contributed by atoms with Crippen molar-refractivity contribution in [1.29, 1.82) is 0 Å². The molecule has 1 heterocycles. The molecular weight excluding hydrogens is 362 g/mol. The third kappa shape index (κ3) is 4.08. The van der Waals surface area contributed by atoms with Gasteiger partial charge in [0.05, 0.1) is 23.6 Å². The van der Waals surface area contributed by atoms with Gasteiger partial charge in [0.1, 0.15) is 11.5 Å². The zero-order chi connectivity index (χ0) is 18.0. The van der Waals surface area contributed by atoms with Crippen molar-refractivity contribution in [1.82, 2.24) is 4.72 Å². The molecule has 1 aliphatic heterocycles. The maximum Gasteiger partial charge on any atom is 0.240 e. The van der Waals surface area contributed by atoms with Crippen LogP contribution in [-0.4, -0.2) is 28.2 Å². The summed E-state index contributed by atoms with van der Waals surface area (Å²) in [5.74, 6) is 1.36. The van der Waals surface area contributed by atoms with Crippen molar-refractivity contribution in [3.05, 3.63) is 52.5 Å². The van der Waals surface area contributed by atoms with E-state index in [2.05, 4.69) is 10.8 Å². The van der Waals surface area contributed by atoms with Crippen LogP contribution in [-0.2, 0) is 22.9 Å². The second-order valence-electron chi connectivity index (χ2n) is 6.06. The van der Waals surface area contributed by atoms with E-state index in [0.717, 1.165) is 17.7 Å². The van der Waals surface area contributed by atoms with E-state index in [1.165, 1.54) is 24.8 Å². The zero-order valence-corrected chi connectivity index (χ0v) is 15.7. The standard InChI is InChI=1S/C18H20ClNO4S/c1-12(9-13-3-5-17-14(10-13)7-8-24-17)20-25(21,22)15-4-6-18(23-2)16(19)11-15/h3-6,10-12,20H,7-9H2,1-2H3. The average Bonchev–Trinajstić information content (AvgIpc) is 3.01. The molecule has 0 aromatic heterocycles. The fraction of sp³-hybridized carbons (Fsp3) is 0.333. The minimum absolute atomic E-state index is 0.118. The molecule has 25 heavy (non-hydrogen) atoms. The molecule has 1 aliphatic rings. The molecule has 1 atom stereocenters. The van der Waals surface area contributed by atoms with Gasteiger partial charge in [0.2, 0.25) is 10.0 Å². The Morgan fingerprint density at radius 1 is 1.28 bits per heavy atom. The summed E-state index contributed by atoms with van der Waals surface area (Å²) in [5.41, 5.74) is 2.25. The molecule has 2 aromatic carbocycles. The van der Waals surface area contributed by atoms with Gasteiger partial charge in [-0.1, -0.05) is 23.7 Å². The van der Waals surface area contributed by atoms with Crippen molar-refractivity contribution in [3.8, 4) is 11.5 Å². The Kier molecular flexibility index (Phi) is 5.22. The van der Waals surface area contributed by atoms with Gasteiger partial charge < -0.3 is 9.47 Å². The number of fused-ring (bicyclic) bond motifs is 1. The van der Waals surface area contributed by atoms with Gasteiger partial charge in [-0.3, -0.25) is 0 Å². The van der Waals surface area contributed by atoms with Crippen LogP contribution >= 0.6 is 11.6 Å². The Morgan fingerprint density at radius 2 is 2.08 bits per heavy atom. The first kappa shape index (κ1) is 18.0. The fourth-order valence-electron chi connectivity index (χ4n) is 2.91. The van der Waals surface area contributed by atoms with E-state index in [1.807, 2.05) is 19.1 Å². The lowest BCUT2D eigenvalue weighted by atomic mass is 10.0. The minimum Gasteiger partial charge on any atom is -0.495 e. The molecular formula is C18H20ClNO4S. The first-order valence-electron chi connectivity index (χ1n) is 7.99. The van der Waals surface area contributed by atoms with E-state index < -0.39 is 10.0 Å². The molecule has 0 saturated heterocycles. The van der Waals surface area contributed by atoms with Gasteiger partial charge in [0.25, 0.3) is 0 Å². The second kappa shape index (κ2) is 7.23. The summed E-state index contributed by atoms with van der Waals surface area (Å²) < 4.78 is 38.3. The van der Waals surface area contributed by atoms with Crippen LogP contribution in [0.3, 0.4) is 0 Å². The van der Waals surface area contributed by atoms with E-state index in [0.29, 0.717) is 18.8 Å². The van der Waals surface area contributed by atoms with Crippen molar-refractivity contribution in [2.24, 2.45) is 0 Å². The first-order chi connectivity index (χ1) is 11.9. The average molecular weight is 382 g/mol. The fourth-order valence-corrected chi connectivity index (χ4v) is 4.50. The number of rotatable bonds is 6. The van der Waals surface area contributed by atoms with Crippen LogP contribution in [0, 0.1) is 0 Å². The van der Waals surface area contributed by atoms with Crippen molar-refractivity contribution in [3.63, 3.8) is 0 Å². The monoisotopic (exact) mass is 381 g/mol. The number of sulfonamides is 1. The van der Waals surface area contributed by atoms with Crippen LogP contribution in [0.4, 0.5) is 0 Å². The van der Waals surface area contributed by atoms with Gasteiger partial charge in [0.15, 0.2) is 0 Å². The van der Waals surface area contributed by atoms with Crippen molar-refractivity contribution < 1.29 is 17.9 Å². The van der Waals surface area contributed by atoms with Crippen molar-refractivity contribution >= 4 is 21.6 Å². The van der Waals surface area contributed by atoms with Crippen LogP contribution < -0.4 is 14.2 Å². The molecule has 3 rings (SSSR count). The van der Waals surface area contributed by atoms with Crippen LogP contribution in [0.15, 0.2) is 41.3 Å². The Bertz CT molecular complexity index is 883. The zero-order valence-electron chi connectivity index (χ0n) is 14.1. The van der Waals surface area contributed by atoms with E-state index in [4.69, 9.17) is 21.1 Å². The normalized spacial score (nSPS) is 14.7. The van der Waals surface area contributed by atoms with Crippen molar-refractivity contribution in [2.75, 3.05) is 13.7 Å². The highest BCUT2D eigenvalue weighted by atomic mass is 35.5. The lowest BCUT2D eigenvalue weighted by Crippen LogP contribution is -2.34. The van der Waals surface area contributed by atoms with E-state index in [1.54, 1.807) is 6.07 Å². The smallest absolute Gasteiger partial charge is 0.240 e. The summed E-state index contributed by atoms with van der Waals surface area (Å²) in [6, 6.07) is 10.2. The maximum atomic E-state index is 12.5. The van der Waals surface area contributed by atoms with Gasteiger partial charge in [-0.25, -0.2) is 13.1 Å². The third-order valence-electron chi connectivity index (χ3n) is 4.09. The topological polar surface area (TPSA) is 64.6 Å². The van der Waals surface area contributed by atoms with Gasteiger partial charge in [-0.05, 0) is 48.7 Å². The molecule has 0 saturated carbocycles. The summed E-state index contributed by atoms with van der Waals surface area (Å²) in [4.78, 5) is 0.118. The molecule has 0 bridgehead atoms. The molecule has 134 valence electrons.